The van der Waals surface area contributed by atoms with Gasteiger partial charge < -0.3 is 5.73 Å². The molecule has 0 aliphatic heterocycles. The lowest BCUT2D eigenvalue weighted by atomic mass is 10.3. The summed E-state index contributed by atoms with van der Waals surface area (Å²) >= 11 is 11.0. The zero-order valence-electron chi connectivity index (χ0n) is 5.72. The Hall–Kier alpha value is -0.540. The highest BCUT2D eigenvalue weighted by Gasteiger charge is 2.00. The minimum absolute atomic E-state index is 0.271. The van der Waals surface area contributed by atoms with Crippen LogP contribution in [-0.4, -0.2) is 9.97 Å². The lowest BCUT2D eigenvalue weighted by molar-refractivity contribution is 1.01. The molecule has 0 atom stereocenters. The average molecular weight is 192 g/mol. The van der Waals surface area contributed by atoms with Crippen LogP contribution in [-0.2, 0) is 11.8 Å². The van der Waals surface area contributed by atoms with Crippen molar-refractivity contribution in [1.29, 1.82) is 0 Å². The Morgan fingerprint density at radius 1 is 1.36 bits per heavy atom. The van der Waals surface area contributed by atoms with Crippen LogP contribution in [0.15, 0.2) is 6.20 Å². The van der Waals surface area contributed by atoms with Gasteiger partial charge in [0, 0.05) is 11.8 Å². The van der Waals surface area contributed by atoms with Crippen molar-refractivity contribution in [1.82, 2.24) is 9.97 Å². The molecule has 3 nitrogen and oxygen atoms in total. The summed E-state index contributed by atoms with van der Waals surface area (Å²) in [5.74, 6) is 1.53. The standard InChI is InChI=1S/C6H7Cl2N3/c7-1-4-3-10-5(2-8)11-6(4)9/h3H,1-2H2,(H2,9,10,11). The predicted octanol–water partition coefficient (Wildman–Crippen LogP) is 1.54. The molecule has 0 saturated carbocycles. The van der Waals surface area contributed by atoms with Crippen molar-refractivity contribution in [3.05, 3.63) is 17.6 Å². The number of anilines is 1. The van der Waals surface area contributed by atoms with Gasteiger partial charge in [-0.15, -0.1) is 23.2 Å². The van der Waals surface area contributed by atoms with Gasteiger partial charge in [0.25, 0.3) is 0 Å². The quantitative estimate of drug-likeness (QED) is 0.723. The molecule has 0 aliphatic carbocycles. The van der Waals surface area contributed by atoms with Gasteiger partial charge in [-0.25, -0.2) is 9.97 Å². The van der Waals surface area contributed by atoms with E-state index in [-0.39, 0.29) is 5.88 Å². The molecule has 0 bridgehead atoms. The Kier molecular flexibility index (Phi) is 2.91. The third-order valence-corrected chi connectivity index (χ3v) is 1.74. The van der Waals surface area contributed by atoms with E-state index in [0.29, 0.717) is 17.5 Å². The Balaban J connectivity index is 2.99. The molecule has 0 aliphatic rings. The normalized spacial score (nSPS) is 10.0. The Bertz CT molecular complexity index is 252. The second-order valence-electron chi connectivity index (χ2n) is 1.96. The SMILES string of the molecule is Nc1nc(CCl)ncc1CCl. The number of halogens is 2. The molecule has 0 radical (unpaired) electrons. The van der Waals surface area contributed by atoms with Crippen LogP contribution < -0.4 is 5.73 Å². The molecule has 1 aromatic heterocycles. The van der Waals surface area contributed by atoms with Gasteiger partial charge >= 0.3 is 0 Å². The van der Waals surface area contributed by atoms with Gasteiger partial charge in [0.2, 0.25) is 0 Å². The van der Waals surface area contributed by atoms with Crippen molar-refractivity contribution in [3.63, 3.8) is 0 Å². The summed E-state index contributed by atoms with van der Waals surface area (Å²) in [5, 5.41) is 0. The fourth-order valence-corrected chi connectivity index (χ4v) is 0.960. The first-order valence-electron chi connectivity index (χ1n) is 3.00. The van der Waals surface area contributed by atoms with Gasteiger partial charge in [-0.1, -0.05) is 0 Å². The molecule has 0 amide bonds. The summed E-state index contributed by atoms with van der Waals surface area (Å²) in [6, 6.07) is 0. The van der Waals surface area contributed by atoms with Crippen LogP contribution in [0.4, 0.5) is 5.82 Å². The lowest BCUT2D eigenvalue weighted by Crippen LogP contribution is -2.01. The van der Waals surface area contributed by atoms with Crippen LogP contribution in [0.3, 0.4) is 0 Å². The highest BCUT2D eigenvalue weighted by atomic mass is 35.5. The molecule has 0 unspecified atom stereocenters. The molecule has 1 heterocycles. The minimum atomic E-state index is 0.271. The molecule has 11 heavy (non-hydrogen) atoms. The number of hydrogen-bond donors (Lipinski definition) is 1. The molecular formula is C6H7Cl2N3. The highest BCUT2D eigenvalue weighted by molar-refractivity contribution is 6.17. The molecule has 0 fully saturated rings. The second-order valence-corrected chi connectivity index (χ2v) is 2.50. The van der Waals surface area contributed by atoms with Gasteiger partial charge in [-0.05, 0) is 0 Å². The van der Waals surface area contributed by atoms with Gasteiger partial charge in [0.1, 0.15) is 11.6 Å². The first-order valence-corrected chi connectivity index (χ1v) is 4.07. The maximum absolute atomic E-state index is 5.53. The summed E-state index contributed by atoms with van der Waals surface area (Å²) in [5.41, 5.74) is 6.25. The van der Waals surface area contributed by atoms with Crippen molar-refractivity contribution in [2.45, 2.75) is 11.8 Å². The monoisotopic (exact) mass is 191 g/mol. The largest absolute Gasteiger partial charge is 0.383 e. The third kappa shape index (κ3) is 1.94. The molecule has 1 aromatic rings. The van der Waals surface area contributed by atoms with E-state index in [0.717, 1.165) is 5.56 Å². The Morgan fingerprint density at radius 2 is 2.09 bits per heavy atom. The Labute approximate surface area is 74.5 Å². The van der Waals surface area contributed by atoms with E-state index in [1.165, 1.54) is 0 Å². The zero-order valence-corrected chi connectivity index (χ0v) is 7.23. The van der Waals surface area contributed by atoms with E-state index in [4.69, 9.17) is 28.9 Å². The number of nitrogens with zero attached hydrogens (tertiary/aromatic N) is 2. The predicted molar refractivity (Wildman–Crippen MR) is 45.6 cm³/mol. The summed E-state index contributed by atoms with van der Waals surface area (Å²) in [6.07, 6.45) is 1.59. The van der Waals surface area contributed by atoms with Crippen molar-refractivity contribution >= 4 is 29.0 Å². The fraction of sp³-hybridized carbons (Fsp3) is 0.333. The molecular weight excluding hydrogens is 185 g/mol. The van der Waals surface area contributed by atoms with Gasteiger partial charge in [-0.2, -0.15) is 0 Å². The zero-order chi connectivity index (χ0) is 8.27. The summed E-state index contributed by atoms with van der Waals surface area (Å²) in [7, 11) is 0. The van der Waals surface area contributed by atoms with Crippen LogP contribution in [0.25, 0.3) is 0 Å². The summed E-state index contributed by atoms with van der Waals surface area (Å²) in [4.78, 5) is 7.83. The first kappa shape index (κ1) is 8.56. The molecule has 0 spiro atoms. The number of alkyl halides is 2. The molecule has 0 aromatic carbocycles. The molecule has 5 heteroatoms. The molecule has 2 N–H and O–H groups in total. The maximum Gasteiger partial charge on any atom is 0.145 e. The smallest absolute Gasteiger partial charge is 0.145 e. The molecule has 0 saturated heterocycles. The molecule has 1 rings (SSSR count). The third-order valence-electron chi connectivity index (χ3n) is 1.21. The van der Waals surface area contributed by atoms with Crippen molar-refractivity contribution in [2.24, 2.45) is 0 Å². The van der Waals surface area contributed by atoms with Gasteiger partial charge in [-0.3, -0.25) is 0 Å². The second kappa shape index (κ2) is 3.74. The van der Waals surface area contributed by atoms with Crippen molar-refractivity contribution < 1.29 is 0 Å². The average Bonchev–Trinajstić information content (AvgIpc) is 2.04. The van der Waals surface area contributed by atoms with Crippen LogP contribution >= 0.6 is 23.2 Å². The van der Waals surface area contributed by atoms with E-state index < -0.39 is 0 Å². The molecule has 60 valence electrons. The fourth-order valence-electron chi connectivity index (χ4n) is 0.626. The van der Waals surface area contributed by atoms with E-state index in [2.05, 4.69) is 9.97 Å². The van der Waals surface area contributed by atoms with Crippen molar-refractivity contribution in [2.75, 3.05) is 5.73 Å². The van der Waals surface area contributed by atoms with Crippen LogP contribution in [0, 0.1) is 0 Å². The number of rotatable bonds is 2. The highest BCUT2D eigenvalue weighted by Crippen LogP contribution is 2.10. The van der Waals surface area contributed by atoms with E-state index in [9.17, 15) is 0 Å². The van der Waals surface area contributed by atoms with E-state index >= 15 is 0 Å². The lowest BCUT2D eigenvalue weighted by Gasteiger charge is -2.00. The number of hydrogen-bond acceptors (Lipinski definition) is 3. The van der Waals surface area contributed by atoms with E-state index in [1.807, 2.05) is 0 Å². The van der Waals surface area contributed by atoms with Gasteiger partial charge in [0.15, 0.2) is 0 Å². The number of nitrogen functional groups attached to an aromatic ring is 1. The summed E-state index contributed by atoms with van der Waals surface area (Å²) in [6.45, 7) is 0. The first-order chi connectivity index (χ1) is 5.27. The van der Waals surface area contributed by atoms with Crippen LogP contribution in [0.5, 0.6) is 0 Å². The summed E-state index contributed by atoms with van der Waals surface area (Å²) < 4.78 is 0. The minimum Gasteiger partial charge on any atom is -0.383 e. The van der Waals surface area contributed by atoms with E-state index in [1.54, 1.807) is 6.20 Å². The topological polar surface area (TPSA) is 51.8 Å². The maximum atomic E-state index is 5.53. The van der Waals surface area contributed by atoms with Crippen LogP contribution in [0.1, 0.15) is 11.4 Å². The van der Waals surface area contributed by atoms with Gasteiger partial charge in [0.05, 0.1) is 11.8 Å². The number of aromatic nitrogens is 2. The van der Waals surface area contributed by atoms with Crippen LogP contribution in [0.2, 0.25) is 0 Å². The Morgan fingerprint density at radius 3 is 2.55 bits per heavy atom. The van der Waals surface area contributed by atoms with Crippen molar-refractivity contribution in [3.8, 4) is 0 Å². The number of nitrogens with two attached hydrogens (primary N) is 1.